The highest BCUT2D eigenvalue weighted by molar-refractivity contribution is 7.99. The molecule has 1 saturated carbocycles. The van der Waals surface area contributed by atoms with Gasteiger partial charge in [0.25, 0.3) is 0 Å². The summed E-state index contributed by atoms with van der Waals surface area (Å²) in [6.45, 7) is 0. The van der Waals surface area contributed by atoms with Crippen LogP contribution in [0.15, 0.2) is 47.8 Å². The number of benzene rings is 1. The molecule has 5 rings (SSSR count). The van der Waals surface area contributed by atoms with Gasteiger partial charge in [0.2, 0.25) is 0 Å². The highest BCUT2D eigenvalue weighted by atomic mass is 35.5. The first kappa shape index (κ1) is 18.4. The van der Waals surface area contributed by atoms with Gasteiger partial charge in [-0.3, -0.25) is 9.67 Å². The first-order valence-electron chi connectivity index (χ1n) is 9.43. The van der Waals surface area contributed by atoms with Crippen LogP contribution in [0.3, 0.4) is 0 Å². The summed E-state index contributed by atoms with van der Waals surface area (Å²) in [7, 11) is 1.87. The molecule has 3 heterocycles. The molecule has 1 fully saturated rings. The second kappa shape index (κ2) is 7.31. The first-order chi connectivity index (χ1) is 14.1. The van der Waals surface area contributed by atoms with Gasteiger partial charge in [-0.25, -0.2) is 9.97 Å². The van der Waals surface area contributed by atoms with E-state index in [4.69, 9.17) is 27.3 Å². The average Bonchev–Trinajstić information content (AvgIpc) is 3.45. The third-order valence-electron chi connectivity index (χ3n) is 4.93. The van der Waals surface area contributed by atoms with E-state index in [1.807, 2.05) is 43.6 Å². The first-order valence-corrected chi connectivity index (χ1v) is 10.8. The Balaban J connectivity index is 1.69. The van der Waals surface area contributed by atoms with Crippen molar-refractivity contribution in [2.45, 2.75) is 17.9 Å². The number of aromatic nitrogens is 5. The predicted molar refractivity (Wildman–Crippen MR) is 118 cm³/mol. The van der Waals surface area contributed by atoms with E-state index in [2.05, 4.69) is 10.1 Å². The van der Waals surface area contributed by atoms with Crippen LogP contribution in [0.1, 0.15) is 12.8 Å². The molecule has 1 aliphatic rings. The monoisotopic (exact) mass is 422 g/mol. The maximum Gasteiger partial charge on any atom is 0.156 e. The van der Waals surface area contributed by atoms with E-state index in [-0.39, 0.29) is 0 Å². The zero-order valence-corrected chi connectivity index (χ0v) is 17.4. The molecule has 0 amide bonds. The topological polar surface area (TPSA) is 82.5 Å². The zero-order chi connectivity index (χ0) is 20.0. The number of thioether (sulfide) groups is 1. The van der Waals surface area contributed by atoms with Crippen molar-refractivity contribution in [3.8, 4) is 22.6 Å². The maximum atomic E-state index is 6.54. The lowest BCUT2D eigenvalue weighted by atomic mass is 10.0. The minimum absolute atomic E-state index is 0.439. The number of halogens is 1. The number of nitrogen functional groups attached to an aromatic ring is 1. The Bertz CT molecular complexity index is 1220. The summed E-state index contributed by atoms with van der Waals surface area (Å²) in [5.74, 6) is 2.22. The Morgan fingerprint density at radius 2 is 2.07 bits per heavy atom. The van der Waals surface area contributed by atoms with Crippen LogP contribution in [0.5, 0.6) is 0 Å². The lowest BCUT2D eigenvalue weighted by molar-refractivity contribution is 0.769. The van der Waals surface area contributed by atoms with E-state index in [0.29, 0.717) is 16.5 Å². The van der Waals surface area contributed by atoms with Crippen LogP contribution in [0.2, 0.25) is 5.02 Å². The molecule has 29 heavy (non-hydrogen) atoms. The second-order valence-corrected chi connectivity index (χ2v) is 8.69. The molecule has 8 heteroatoms. The number of anilines is 1. The molecule has 0 aliphatic heterocycles. The Hall–Kier alpha value is -2.64. The number of nitrogens with two attached hydrogens (primary N) is 1. The number of aryl methyl sites for hydroxylation is 1. The average molecular weight is 423 g/mol. The third-order valence-corrected chi connectivity index (χ3v) is 6.43. The normalized spacial score (nSPS) is 13.9. The number of rotatable bonds is 5. The molecule has 2 N–H and O–H groups in total. The van der Waals surface area contributed by atoms with Crippen molar-refractivity contribution in [3.05, 3.63) is 47.7 Å². The summed E-state index contributed by atoms with van der Waals surface area (Å²) in [6.07, 6.45) is 6.19. The number of pyridine rings is 1. The van der Waals surface area contributed by atoms with Crippen molar-refractivity contribution in [1.82, 2.24) is 24.7 Å². The minimum Gasteiger partial charge on any atom is -0.381 e. The molecule has 3 aromatic heterocycles. The molecule has 0 spiro atoms. The Labute approximate surface area is 177 Å². The van der Waals surface area contributed by atoms with Gasteiger partial charge >= 0.3 is 0 Å². The Kier molecular flexibility index (Phi) is 4.64. The molecule has 146 valence electrons. The number of fused-ring (bicyclic) bond motifs is 1. The maximum absolute atomic E-state index is 6.54. The fraction of sp³-hybridized carbons (Fsp3) is 0.238. The lowest BCUT2D eigenvalue weighted by Crippen LogP contribution is -2.03. The van der Waals surface area contributed by atoms with Crippen LogP contribution >= 0.6 is 23.4 Å². The number of nitrogens with zero attached hydrogens (tertiary/aromatic N) is 5. The molecule has 0 unspecified atom stereocenters. The second-order valence-electron chi connectivity index (χ2n) is 7.27. The summed E-state index contributed by atoms with van der Waals surface area (Å²) in [5.41, 5.74) is 10.0. The van der Waals surface area contributed by atoms with E-state index in [1.165, 1.54) is 12.8 Å². The summed E-state index contributed by atoms with van der Waals surface area (Å²) in [4.78, 5) is 14.0. The lowest BCUT2D eigenvalue weighted by Gasteiger charge is -2.12. The van der Waals surface area contributed by atoms with E-state index in [9.17, 15) is 0 Å². The van der Waals surface area contributed by atoms with Gasteiger partial charge in [0.15, 0.2) is 5.82 Å². The molecular formula is C21H19ClN6S. The van der Waals surface area contributed by atoms with Gasteiger partial charge in [-0.05, 0) is 43.0 Å². The predicted octanol–water partition coefficient (Wildman–Crippen LogP) is 4.83. The largest absolute Gasteiger partial charge is 0.381 e. The van der Waals surface area contributed by atoms with Gasteiger partial charge in [0, 0.05) is 36.1 Å². The SMILES string of the molecule is Cn1ccc(-c2nc(N)c(SCC3CC3)nc2-c2cc(Cl)c3ncccc3c2)n1. The van der Waals surface area contributed by atoms with Crippen molar-refractivity contribution < 1.29 is 0 Å². The van der Waals surface area contributed by atoms with Gasteiger partial charge < -0.3 is 5.73 Å². The number of hydrogen-bond acceptors (Lipinski definition) is 6. The van der Waals surface area contributed by atoms with Crippen molar-refractivity contribution in [3.63, 3.8) is 0 Å². The Morgan fingerprint density at radius 3 is 2.83 bits per heavy atom. The minimum atomic E-state index is 0.439. The van der Waals surface area contributed by atoms with Crippen molar-refractivity contribution in [1.29, 1.82) is 0 Å². The van der Waals surface area contributed by atoms with Crippen LogP contribution in [-0.2, 0) is 7.05 Å². The van der Waals surface area contributed by atoms with Gasteiger partial charge in [0.05, 0.1) is 16.2 Å². The van der Waals surface area contributed by atoms with Crippen LogP contribution < -0.4 is 5.73 Å². The van der Waals surface area contributed by atoms with E-state index in [0.717, 1.165) is 44.6 Å². The Morgan fingerprint density at radius 1 is 1.21 bits per heavy atom. The molecule has 1 aliphatic carbocycles. The molecule has 0 saturated heterocycles. The molecule has 4 aromatic rings. The van der Waals surface area contributed by atoms with E-state index < -0.39 is 0 Å². The fourth-order valence-corrected chi connectivity index (χ4v) is 4.58. The molecular weight excluding hydrogens is 404 g/mol. The molecule has 1 aromatic carbocycles. The molecule has 0 atom stereocenters. The van der Waals surface area contributed by atoms with Gasteiger partial charge in [-0.2, -0.15) is 5.10 Å². The molecule has 6 nitrogen and oxygen atoms in total. The highest BCUT2D eigenvalue weighted by Crippen LogP contribution is 2.39. The van der Waals surface area contributed by atoms with E-state index >= 15 is 0 Å². The summed E-state index contributed by atoms with van der Waals surface area (Å²) < 4.78 is 1.74. The molecule has 0 radical (unpaired) electrons. The van der Waals surface area contributed by atoms with Gasteiger partial charge in [-0.15, -0.1) is 11.8 Å². The van der Waals surface area contributed by atoms with Crippen LogP contribution in [0.25, 0.3) is 33.5 Å². The van der Waals surface area contributed by atoms with Gasteiger partial charge in [0.1, 0.15) is 16.4 Å². The number of hydrogen-bond donors (Lipinski definition) is 1. The summed E-state index contributed by atoms with van der Waals surface area (Å²) in [6, 6.07) is 9.72. The third kappa shape index (κ3) is 3.68. The fourth-order valence-electron chi connectivity index (χ4n) is 3.23. The van der Waals surface area contributed by atoms with Crippen molar-refractivity contribution in [2.75, 3.05) is 11.5 Å². The summed E-state index contributed by atoms with van der Waals surface area (Å²) >= 11 is 8.21. The van der Waals surface area contributed by atoms with Crippen LogP contribution in [0.4, 0.5) is 5.82 Å². The highest BCUT2D eigenvalue weighted by Gasteiger charge is 2.24. The summed E-state index contributed by atoms with van der Waals surface area (Å²) in [5, 5.41) is 6.80. The van der Waals surface area contributed by atoms with Gasteiger partial charge in [-0.1, -0.05) is 17.7 Å². The zero-order valence-electron chi connectivity index (χ0n) is 15.8. The molecule has 0 bridgehead atoms. The van der Waals surface area contributed by atoms with Crippen LogP contribution in [-0.4, -0.2) is 30.5 Å². The smallest absolute Gasteiger partial charge is 0.156 e. The van der Waals surface area contributed by atoms with Crippen molar-refractivity contribution >= 4 is 40.1 Å². The van der Waals surface area contributed by atoms with Crippen molar-refractivity contribution in [2.24, 2.45) is 13.0 Å². The van der Waals surface area contributed by atoms with E-state index in [1.54, 1.807) is 22.6 Å². The van der Waals surface area contributed by atoms with Crippen LogP contribution in [0, 0.1) is 5.92 Å². The quantitative estimate of drug-likeness (QED) is 0.464. The standard InChI is InChI=1S/C21H19ClN6S/c1-28-8-6-16(27-28)19-18(26-21(20(23)25-19)29-11-12-4-5-12)14-9-13-3-2-7-24-17(13)15(22)10-14/h2-3,6-10,12H,4-5,11H2,1H3,(H2,23,25).